The minimum Gasteiger partial charge on any atom is -0.341 e. The highest BCUT2D eigenvalue weighted by atomic mass is 32.2. The summed E-state index contributed by atoms with van der Waals surface area (Å²) >= 11 is 2.78. The number of hydrogen-bond acceptors (Lipinski definition) is 7. The summed E-state index contributed by atoms with van der Waals surface area (Å²) in [5.74, 6) is 1.25. The lowest BCUT2D eigenvalue weighted by molar-refractivity contribution is -0.113. The number of rotatable bonds is 8. The Morgan fingerprint density at radius 1 is 1.09 bits per heavy atom. The molecule has 0 spiro atoms. The zero-order valence-electron chi connectivity index (χ0n) is 17.8. The zero-order chi connectivity index (χ0) is 22.3. The molecule has 1 saturated heterocycles. The summed E-state index contributed by atoms with van der Waals surface area (Å²) in [6.07, 6.45) is 2.30. The van der Waals surface area contributed by atoms with Crippen molar-refractivity contribution in [3.05, 3.63) is 54.1 Å². The molecule has 164 valence electrons. The molecular weight excluding hydrogens is 440 g/mol. The molecule has 1 aromatic heterocycles. The van der Waals surface area contributed by atoms with E-state index in [1.54, 1.807) is 0 Å². The van der Waals surface area contributed by atoms with Crippen LogP contribution < -0.4 is 10.2 Å². The van der Waals surface area contributed by atoms with Gasteiger partial charge in [-0.05, 0) is 44.0 Å². The van der Waals surface area contributed by atoms with Gasteiger partial charge >= 0.3 is 0 Å². The van der Waals surface area contributed by atoms with E-state index < -0.39 is 0 Å². The van der Waals surface area contributed by atoms with Crippen molar-refractivity contribution >= 4 is 41.1 Å². The lowest BCUT2D eigenvalue weighted by Crippen LogP contribution is -2.22. The SMILES string of the molecule is Cc1ccc(-n2c(SCC(=O)Nc3ccccc3SCC#N)nnc2N2CCCC2)cc1. The Morgan fingerprint density at radius 3 is 2.59 bits per heavy atom. The normalized spacial score (nSPS) is 13.2. The Kier molecular flexibility index (Phi) is 7.35. The van der Waals surface area contributed by atoms with Crippen molar-refractivity contribution in [1.29, 1.82) is 5.26 Å². The Morgan fingerprint density at radius 2 is 1.84 bits per heavy atom. The molecule has 4 rings (SSSR count). The van der Waals surface area contributed by atoms with Crippen LogP contribution in [0.5, 0.6) is 0 Å². The first-order valence-corrected chi connectivity index (χ1v) is 12.4. The summed E-state index contributed by atoms with van der Waals surface area (Å²) < 4.78 is 2.04. The summed E-state index contributed by atoms with van der Waals surface area (Å²) in [4.78, 5) is 15.8. The fourth-order valence-electron chi connectivity index (χ4n) is 3.52. The van der Waals surface area contributed by atoms with Crippen LogP contribution in [0.4, 0.5) is 11.6 Å². The number of nitrogens with one attached hydrogen (secondary N) is 1. The number of aryl methyl sites for hydroxylation is 1. The van der Waals surface area contributed by atoms with Crippen LogP contribution in [0.1, 0.15) is 18.4 Å². The number of amides is 1. The van der Waals surface area contributed by atoms with Crippen molar-refractivity contribution in [3.63, 3.8) is 0 Å². The number of anilines is 2. The molecular formula is C23H24N6OS2. The molecule has 1 amide bonds. The van der Waals surface area contributed by atoms with Crippen LogP contribution in [0, 0.1) is 18.3 Å². The molecule has 1 N–H and O–H groups in total. The first-order chi connectivity index (χ1) is 15.7. The first-order valence-electron chi connectivity index (χ1n) is 10.4. The number of thioether (sulfide) groups is 2. The zero-order valence-corrected chi connectivity index (χ0v) is 19.5. The third kappa shape index (κ3) is 5.26. The second-order valence-electron chi connectivity index (χ2n) is 7.43. The quantitative estimate of drug-likeness (QED) is 0.490. The van der Waals surface area contributed by atoms with Gasteiger partial charge in [-0.15, -0.1) is 22.0 Å². The van der Waals surface area contributed by atoms with Crippen LogP contribution in [0.3, 0.4) is 0 Å². The van der Waals surface area contributed by atoms with E-state index in [1.165, 1.54) is 29.1 Å². The van der Waals surface area contributed by atoms with Gasteiger partial charge in [-0.3, -0.25) is 9.36 Å². The van der Waals surface area contributed by atoms with Crippen molar-refractivity contribution in [2.24, 2.45) is 0 Å². The Hall–Kier alpha value is -2.96. The molecule has 0 radical (unpaired) electrons. The second-order valence-corrected chi connectivity index (χ2v) is 9.39. The van der Waals surface area contributed by atoms with Crippen molar-refractivity contribution in [2.45, 2.75) is 29.8 Å². The lowest BCUT2D eigenvalue weighted by Gasteiger charge is -2.18. The Bertz CT molecular complexity index is 1120. The summed E-state index contributed by atoms with van der Waals surface area (Å²) in [5, 5.41) is 21.4. The van der Waals surface area contributed by atoms with Crippen LogP contribution >= 0.6 is 23.5 Å². The Labute approximate surface area is 196 Å². The number of hydrogen-bond donors (Lipinski definition) is 1. The number of carbonyl (C=O) groups is 1. The largest absolute Gasteiger partial charge is 0.341 e. The van der Waals surface area contributed by atoms with Crippen LogP contribution in [-0.4, -0.2) is 45.3 Å². The highest BCUT2D eigenvalue weighted by Crippen LogP contribution is 2.30. The molecule has 0 aliphatic carbocycles. The lowest BCUT2D eigenvalue weighted by atomic mass is 10.2. The number of para-hydroxylation sites is 1. The summed E-state index contributed by atoms with van der Waals surface area (Å²) in [6.45, 7) is 3.99. The molecule has 3 aromatic rings. The fourth-order valence-corrected chi connectivity index (χ4v) is 4.94. The van der Waals surface area contributed by atoms with Gasteiger partial charge in [-0.1, -0.05) is 41.6 Å². The molecule has 0 atom stereocenters. The molecule has 7 nitrogen and oxygen atoms in total. The van der Waals surface area contributed by atoms with Gasteiger partial charge in [0.25, 0.3) is 0 Å². The van der Waals surface area contributed by atoms with Crippen molar-refractivity contribution in [3.8, 4) is 11.8 Å². The number of benzene rings is 2. The topological polar surface area (TPSA) is 86.8 Å². The smallest absolute Gasteiger partial charge is 0.234 e. The van der Waals surface area contributed by atoms with Crippen LogP contribution in [0.25, 0.3) is 5.69 Å². The molecule has 1 aliphatic rings. The molecule has 0 bridgehead atoms. The molecule has 1 fully saturated rings. The van der Waals surface area contributed by atoms with E-state index in [2.05, 4.69) is 57.7 Å². The van der Waals surface area contributed by atoms with Gasteiger partial charge in [-0.2, -0.15) is 5.26 Å². The Balaban J connectivity index is 1.50. The average Bonchev–Trinajstić information content (AvgIpc) is 3.47. The highest BCUT2D eigenvalue weighted by Gasteiger charge is 2.23. The predicted molar refractivity (Wildman–Crippen MR) is 130 cm³/mol. The van der Waals surface area contributed by atoms with E-state index in [-0.39, 0.29) is 11.7 Å². The number of nitriles is 1. The number of aromatic nitrogens is 3. The molecule has 0 saturated carbocycles. The molecule has 0 unspecified atom stereocenters. The van der Waals surface area contributed by atoms with Gasteiger partial charge in [-0.25, -0.2) is 0 Å². The van der Waals surface area contributed by atoms with E-state index in [9.17, 15) is 4.79 Å². The summed E-state index contributed by atoms with van der Waals surface area (Å²) in [5.41, 5.74) is 2.89. The minimum absolute atomic E-state index is 0.124. The predicted octanol–water partition coefficient (Wildman–Crippen LogP) is 4.52. The molecule has 32 heavy (non-hydrogen) atoms. The van der Waals surface area contributed by atoms with Gasteiger partial charge in [0, 0.05) is 18.0 Å². The van der Waals surface area contributed by atoms with Gasteiger partial charge in [0.2, 0.25) is 11.9 Å². The number of carbonyl (C=O) groups excluding carboxylic acids is 1. The van der Waals surface area contributed by atoms with Crippen LogP contribution in [0.2, 0.25) is 0 Å². The van der Waals surface area contributed by atoms with E-state index in [0.717, 1.165) is 48.1 Å². The van der Waals surface area contributed by atoms with Crippen molar-refractivity contribution in [2.75, 3.05) is 34.8 Å². The summed E-state index contributed by atoms with van der Waals surface area (Å²) in [7, 11) is 0. The van der Waals surface area contributed by atoms with Gasteiger partial charge in [0.1, 0.15) is 0 Å². The van der Waals surface area contributed by atoms with Crippen LogP contribution in [0.15, 0.2) is 58.6 Å². The maximum absolute atomic E-state index is 12.7. The van der Waals surface area contributed by atoms with Crippen molar-refractivity contribution < 1.29 is 4.79 Å². The monoisotopic (exact) mass is 464 g/mol. The third-order valence-corrected chi connectivity index (χ3v) is 6.95. The average molecular weight is 465 g/mol. The fraction of sp³-hybridized carbons (Fsp3) is 0.304. The van der Waals surface area contributed by atoms with Crippen molar-refractivity contribution in [1.82, 2.24) is 14.8 Å². The maximum Gasteiger partial charge on any atom is 0.234 e. The first kappa shape index (κ1) is 22.2. The van der Waals surface area contributed by atoms with Gasteiger partial charge in [0.15, 0.2) is 5.16 Å². The standard InChI is InChI=1S/C23H24N6OS2/c1-17-8-10-18(11-9-17)29-22(28-13-4-5-14-28)26-27-23(29)32-16-21(30)25-19-6-2-3-7-20(19)31-15-12-24/h2-3,6-11H,4-5,13-16H2,1H3,(H,25,30). The van der Waals surface area contributed by atoms with E-state index in [0.29, 0.717) is 10.9 Å². The van der Waals surface area contributed by atoms with E-state index in [4.69, 9.17) is 5.26 Å². The van der Waals surface area contributed by atoms with Gasteiger partial charge < -0.3 is 10.2 Å². The van der Waals surface area contributed by atoms with Gasteiger partial charge in [0.05, 0.1) is 28.9 Å². The molecule has 1 aliphatic heterocycles. The summed E-state index contributed by atoms with van der Waals surface area (Å²) in [6, 6.07) is 17.9. The number of nitrogens with zero attached hydrogens (tertiary/aromatic N) is 5. The van der Waals surface area contributed by atoms with E-state index >= 15 is 0 Å². The van der Waals surface area contributed by atoms with E-state index in [1.807, 2.05) is 28.8 Å². The molecule has 9 heteroatoms. The maximum atomic E-state index is 12.7. The second kappa shape index (κ2) is 10.6. The minimum atomic E-state index is -0.124. The molecule has 2 aromatic carbocycles. The highest BCUT2D eigenvalue weighted by molar-refractivity contribution is 8.00. The molecule has 2 heterocycles. The third-order valence-electron chi connectivity index (χ3n) is 5.08. The van der Waals surface area contributed by atoms with Crippen LogP contribution in [-0.2, 0) is 4.79 Å².